The van der Waals surface area contributed by atoms with Gasteiger partial charge in [0.2, 0.25) is 0 Å². The first-order valence-corrected chi connectivity index (χ1v) is 5.75. The number of rotatable bonds is 1. The summed E-state index contributed by atoms with van der Waals surface area (Å²) in [5.41, 5.74) is 5.27. The van der Waals surface area contributed by atoms with Crippen molar-refractivity contribution < 1.29 is 13.2 Å². The minimum Gasteiger partial charge on any atom is -0.384 e. The lowest BCUT2D eigenvalue weighted by atomic mass is 10.1. The summed E-state index contributed by atoms with van der Waals surface area (Å²) in [6.45, 7) is 0. The zero-order valence-electron chi connectivity index (χ0n) is 10.1. The van der Waals surface area contributed by atoms with Gasteiger partial charge in [-0.05, 0) is 18.2 Å². The Kier molecular flexibility index (Phi) is 2.63. The molecule has 20 heavy (non-hydrogen) atoms. The Bertz CT molecular complexity index is 777. The maximum atomic E-state index is 13.0. The minimum atomic E-state index is -4.46. The molecule has 0 spiro atoms. The molecule has 0 fully saturated rings. The fourth-order valence-electron chi connectivity index (χ4n) is 1.96. The number of hydrogen-bond donors (Lipinski definition) is 1. The summed E-state index contributed by atoms with van der Waals surface area (Å²) < 4.78 is 40.3. The molecule has 0 atom stereocenters. The maximum absolute atomic E-state index is 13.0. The van der Waals surface area contributed by atoms with Gasteiger partial charge in [-0.1, -0.05) is 24.3 Å². The van der Waals surface area contributed by atoms with Crippen LogP contribution in [0.4, 0.5) is 19.0 Å². The normalized spacial score (nSPS) is 11.9. The van der Waals surface area contributed by atoms with E-state index < -0.39 is 11.7 Å². The van der Waals surface area contributed by atoms with Crippen LogP contribution in [0.3, 0.4) is 0 Å². The molecule has 0 bridgehead atoms. The lowest BCUT2D eigenvalue weighted by molar-refractivity contribution is -0.137. The second kappa shape index (κ2) is 4.22. The third kappa shape index (κ3) is 1.97. The molecular formula is C13H9F3N4. The van der Waals surface area contributed by atoms with E-state index in [0.717, 1.165) is 6.07 Å². The van der Waals surface area contributed by atoms with Gasteiger partial charge in [0.1, 0.15) is 5.82 Å². The van der Waals surface area contributed by atoms with Crippen LogP contribution in [-0.2, 0) is 6.18 Å². The first-order chi connectivity index (χ1) is 9.47. The van der Waals surface area contributed by atoms with E-state index in [9.17, 15) is 13.2 Å². The quantitative estimate of drug-likeness (QED) is 0.744. The first-order valence-electron chi connectivity index (χ1n) is 5.75. The Balaban J connectivity index is 2.24. The van der Waals surface area contributed by atoms with Gasteiger partial charge < -0.3 is 5.73 Å². The molecule has 4 nitrogen and oxygen atoms in total. The third-order valence-corrected chi connectivity index (χ3v) is 2.86. The van der Waals surface area contributed by atoms with Gasteiger partial charge in [-0.15, -0.1) is 5.10 Å². The molecule has 1 aromatic carbocycles. The lowest BCUT2D eigenvalue weighted by Gasteiger charge is -2.09. The van der Waals surface area contributed by atoms with E-state index in [-0.39, 0.29) is 11.4 Å². The number of fused-ring (bicyclic) bond motifs is 1. The molecule has 0 unspecified atom stereocenters. The molecule has 0 saturated carbocycles. The summed E-state index contributed by atoms with van der Waals surface area (Å²) >= 11 is 0. The fourth-order valence-corrected chi connectivity index (χ4v) is 1.96. The van der Waals surface area contributed by atoms with E-state index in [1.807, 2.05) is 0 Å². The van der Waals surface area contributed by atoms with Gasteiger partial charge in [0.15, 0.2) is 11.5 Å². The van der Waals surface area contributed by atoms with Crippen LogP contribution in [0.25, 0.3) is 17.0 Å². The number of nitrogens with zero attached hydrogens (tertiary/aromatic N) is 3. The predicted molar refractivity (Wildman–Crippen MR) is 67.8 cm³/mol. The molecule has 0 amide bonds. The molecule has 2 heterocycles. The third-order valence-electron chi connectivity index (χ3n) is 2.86. The summed E-state index contributed by atoms with van der Waals surface area (Å²) in [6, 6.07) is 10.1. The van der Waals surface area contributed by atoms with Gasteiger partial charge in [0, 0.05) is 5.56 Å². The second-order valence-electron chi connectivity index (χ2n) is 4.20. The van der Waals surface area contributed by atoms with Gasteiger partial charge in [0.05, 0.1) is 5.56 Å². The number of hydrogen-bond acceptors (Lipinski definition) is 3. The molecule has 0 saturated heterocycles. The van der Waals surface area contributed by atoms with Crippen LogP contribution in [0.2, 0.25) is 0 Å². The van der Waals surface area contributed by atoms with E-state index in [4.69, 9.17) is 5.73 Å². The van der Waals surface area contributed by atoms with Crippen LogP contribution in [-0.4, -0.2) is 14.6 Å². The molecule has 7 heteroatoms. The Labute approximate surface area is 111 Å². The summed E-state index contributed by atoms with van der Waals surface area (Å²) in [5, 5.41) is 4.04. The van der Waals surface area contributed by atoms with Crippen LogP contribution in [0, 0.1) is 0 Å². The van der Waals surface area contributed by atoms with Crippen molar-refractivity contribution in [3.05, 3.63) is 48.0 Å². The largest absolute Gasteiger partial charge is 0.417 e. The Morgan fingerprint density at radius 1 is 1.00 bits per heavy atom. The van der Waals surface area contributed by atoms with Crippen molar-refractivity contribution in [3.8, 4) is 11.4 Å². The van der Waals surface area contributed by atoms with Crippen molar-refractivity contribution in [2.75, 3.05) is 5.73 Å². The number of alkyl halides is 3. The van der Waals surface area contributed by atoms with Crippen LogP contribution < -0.4 is 5.73 Å². The van der Waals surface area contributed by atoms with Gasteiger partial charge in [-0.3, -0.25) is 0 Å². The van der Waals surface area contributed by atoms with Crippen molar-refractivity contribution in [3.63, 3.8) is 0 Å². The molecule has 0 aliphatic rings. The summed E-state index contributed by atoms with van der Waals surface area (Å²) in [4.78, 5) is 4.09. The molecule has 102 valence electrons. The standard InChI is InChI=1S/C13H9F3N4/c14-13(15,16)9-5-2-1-4-8(9)12-18-11-7-3-6-10(17)20(11)19-12/h1-7H,17H2. The van der Waals surface area contributed by atoms with Crippen molar-refractivity contribution >= 4 is 11.5 Å². The number of aromatic nitrogens is 3. The number of pyridine rings is 1. The second-order valence-corrected chi connectivity index (χ2v) is 4.20. The molecule has 0 aliphatic carbocycles. The van der Waals surface area contributed by atoms with Crippen LogP contribution in [0.1, 0.15) is 5.56 Å². The average Bonchev–Trinajstić information content (AvgIpc) is 2.83. The Morgan fingerprint density at radius 2 is 1.75 bits per heavy atom. The minimum absolute atomic E-state index is 0.00387. The maximum Gasteiger partial charge on any atom is 0.417 e. The van der Waals surface area contributed by atoms with Crippen molar-refractivity contribution in [2.45, 2.75) is 6.18 Å². The molecule has 3 rings (SSSR count). The van der Waals surface area contributed by atoms with E-state index in [2.05, 4.69) is 10.1 Å². The van der Waals surface area contributed by atoms with Crippen LogP contribution in [0.15, 0.2) is 42.5 Å². The number of halogens is 3. The van der Waals surface area contributed by atoms with Crippen LogP contribution in [0.5, 0.6) is 0 Å². The number of nitrogen functional groups attached to an aromatic ring is 1. The van der Waals surface area contributed by atoms with Gasteiger partial charge in [0.25, 0.3) is 0 Å². The number of benzene rings is 1. The molecule has 0 aliphatic heterocycles. The van der Waals surface area contributed by atoms with E-state index in [0.29, 0.717) is 11.5 Å². The highest BCUT2D eigenvalue weighted by molar-refractivity contribution is 5.64. The van der Waals surface area contributed by atoms with E-state index in [1.54, 1.807) is 18.2 Å². The highest BCUT2D eigenvalue weighted by Gasteiger charge is 2.34. The zero-order valence-corrected chi connectivity index (χ0v) is 10.1. The van der Waals surface area contributed by atoms with Crippen LogP contribution >= 0.6 is 0 Å². The SMILES string of the molecule is Nc1cccc2nc(-c3ccccc3C(F)(F)F)nn12. The van der Waals surface area contributed by atoms with Gasteiger partial charge in [-0.25, -0.2) is 4.98 Å². The molecule has 3 aromatic rings. The first kappa shape index (κ1) is 12.5. The van der Waals surface area contributed by atoms with Crippen molar-refractivity contribution in [1.29, 1.82) is 0 Å². The van der Waals surface area contributed by atoms with Crippen molar-refractivity contribution in [1.82, 2.24) is 14.6 Å². The number of anilines is 1. The topological polar surface area (TPSA) is 56.2 Å². The highest BCUT2D eigenvalue weighted by Crippen LogP contribution is 2.35. The van der Waals surface area contributed by atoms with Gasteiger partial charge >= 0.3 is 6.18 Å². The van der Waals surface area contributed by atoms with E-state index in [1.165, 1.54) is 22.7 Å². The fraction of sp³-hybridized carbons (Fsp3) is 0.0769. The highest BCUT2D eigenvalue weighted by atomic mass is 19.4. The predicted octanol–water partition coefficient (Wildman–Crippen LogP) is 3.00. The summed E-state index contributed by atoms with van der Waals surface area (Å²) in [6.07, 6.45) is -4.46. The molecule has 2 aromatic heterocycles. The summed E-state index contributed by atoms with van der Waals surface area (Å²) in [7, 11) is 0. The lowest BCUT2D eigenvalue weighted by Crippen LogP contribution is -2.07. The molecular weight excluding hydrogens is 269 g/mol. The Morgan fingerprint density at radius 3 is 2.45 bits per heavy atom. The monoisotopic (exact) mass is 278 g/mol. The smallest absolute Gasteiger partial charge is 0.384 e. The Hall–Kier alpha value is -2.57. The number of nitrogens with two attached hydrogens (primary N) is 1. The molecule has 2 N–H and O–H groups in total. The summed E-state index contributed by atoms with van der Waals surface area (Å²) in [5.74, 6) is 0.307. The van der Waals surface area contributed by atoms with E-state index >= 15 is 0 Å². The van der Waals surface area contributed by atoms with Crippen molar-refractivity contribution in [2.24, 2.45) is 0 Å². The average molecular weight is 278 g/mol. The molecule has 0 radical (unpaired) electrons. The zero-order chi connectivity index (χ0) is 14.3. The van der Waals surface area contributed by atoms with Gasteiger partial charge in [-0.2, -0.15) is 17.7 Å².